The predicted octanol–water partition coefficient (Wildman–Crippen LogP) is 2.21. The lowest BCUT2D eigenvalue weighted by Crippen LogP contribution is -2.46. The summed E-state index contributed by atoms with van der Waals surface area (Å²) in [6, 6.07) is 7.57. The van der Waals surface area contributed by atoms with Crippen LogP contribution in [-0.4, -0.2) is 36.3 Å². The Morgan fingerprint density at radius 3 is 2.32 bits per heavy atom. The van der Waals surface area contributed by atoms with Crippen LogP contribution in [-0.2, 0) is 9.59 Å². The molecule has 5 nitrogen and oxygen atoms in total. The van der Waals surface area contributed by atoms with Crippen LogP contribution in [0.4, 0.5) is 0 Å². The van der Waals surface area contributed by atoms with Crippen LogP contribution >= 0.6 is 11.8 Å². The van der Waals surface area contributed by atoms with Gasteiger partial charge in [0.05, 0.1) is 18.9 Å². The first-order chi connectivity index (χ1) is 10.3. The van der Waals surface area contributed by atoms with Crippen LogP contribution in [0.2, 0.25) is 0 Å². The van der Waals surface area contributed by atoms with Gasteiger partial charge >= 0.3 is 0 Å². The number of benzene rings is 1. The number of amides is 2. The van der Waals surface area contributed by atoms with Crippen molar-refractivity contribution in [2.75, 3.05) is 18.9 Å². The summed E-state index contributed by atoms with van der Waals surface area (Å²) in [7, 11) is 0. The van der Waals surface area contributed by atoms with Crippen LogP contribution in [0.25, 0.3) is 0 Å². The molecule has 1 aromatic rings. The van der Waals surface area contributed by atoms with Crippen molar-refractivity contribution in [2.24, 2.45) is 0 Å². The van der Waals surface area contributed by atoms with Gasteiger partial charge in [0.25, 0.3) is 0 Å². The minimum absolute atomic E-state index is 0.0000584. The maximum Gasteiger partial charge on any atom is 0.239 e. The van der Waals surface area contributed by atoms with Gasteiger partial charge in [-0.15, -0.1) is 11.8 Å². The van der Waals surface area contributed by atoms with Gasteiger partial charge in [0, 0.05) is 10.4 Å². The van der Waals surface area contributed by atoms with E-state index >= 15 is 0 Å². The number of hydrogen-bond acceptors (Lipinski definition) is 4. The van der Waals surface area contributed by atoms with Crippen LogP contribution in [0.15, 0.2) is 29.2 Å². The predicted molar refractivity (Wildman–Crippen MR) is 89.2 cm³/mol. The zero-order valence-corrected chi connectivity index (χ0v) is 14.4. The van der Waals surface area contributed by atoms with Crippen molar-refractivity contribution in [1.82, 2.24) is 10.6 Å². The van der Waals surface area contributed by atoms with Crippen molar-refractivity contribution in [3.63, 3.8) is 0 Å². The number of hydrogen-bond donors (Lipinski definition) is 2. The van der Waals surface area contributed by atoms with E-state index in [0.29, 0.717) is 6.61 Å². The molecule has 0 spiro atoms. The topological polar surface area (TPSA) is 67.4 Å². The second-order valence-corrected chi connectivity index (χ2v) is 6.82. The first-order valence-electron chi connectivity index (χ1n) is 7.23. The molecule has 1 aromatic carbocycles. The molecule has 0 radical (unpaired) electrons. The smallest absolute Gasteiger partial charge is 0.239 e. The van der Waals surface area contributed by atoms with Gasteiger partial charge in [-0.2, -0.15) is 0 Å². The van der Waals surface area contributed by atoms with E-state index in [1.807, 2.05) is 52.0 Å². The Morgan fingerprint density at radius 2 is 1.77 bits per heavy atom. The number of thioether (sulfide) groups is 1. The van der Waals surface area contributed by atoms with E-state index in [0.717, 1.165) is 10.6 Å². The highest BCUT2D eigenvalue weighted by atomic mass is 32.2. The van der Waals surface area contributed by atoms with Gasteiger partial charge in [-0.25, -0.2) is 0 Å². The van der Waals surface area contributed by atoms with E-state index in [9.17, 15) is 9.59 Å². The molecule has 2 amide bonds. The van der Waals surface area contributed by atoms with E-state index in [2.05, 4.69) is 10.6 Å². The summed E-state index contributed by atoms with van der Waals surface area (Å²) >= 11 is 1.42. The van der Waals surface area contributed by atoms with Crippen LogP contribution in [0.3, 0.4) is 0 Å². The van der Waals surface area contributed by atoms with Crippen molar-refractivity contribution >= 4 is 23.6 Å². The van der Waals surface area contributed by atoms with Crippen LogP contribution in [0.5, 0.6) is 5.75 Å². The van der Waals surface area contributed by atoms with Crippen LogP contribution in [0.1, 0.15) is 27.7 Å². The quantitative estimate of drug-likeness (QED) is 0.755. The van der Waals surface area contributed by atoms with Gasteiger partial charge in [0.1, 0.15) is 5.75 Å². The Balaban J connectivity index is 2.29. The fourth-order valence-electron chi connectivity index (χ4n) is 1.64. The van der Waals surface area contributed by atoms with E-state index in [1.165, 1.54) is 11.8 Å². The standard InChI is InChI=1S/C16H24N2O3S/c1-5-21-12-6-8-13(9-7-12)22-11-15(20)17-10-14(19)18-16(2,3)4/h6-9H,5,10-11H2,1-4H3,(H,17,20)(H,18,19). The molecule has 0 aliphatic rings. The van der Waals surface area contributed by atoms with E-state index in [4.69, 9.17) is 4.74 Å². The van der Waals surface area contributed by atoms with Gasteiger partial charge in [-0.3, -0.25) is 9.59 Å². The molecule has 0 unspecified atom stereocenters. The molecule has 2 N–H and O–H groups in total. The second-order valence-electron chi connectivity index (χ2n) is 5.77. The lowest BCUT2D eigenvalue weighted by atomic mass is 10.1. The highest BCUT2D eigenvalue weighted by Gasteiger charge is 2.14. The molecule has 22 heavy (non-hydrogen) atoms. The molecule has 0 atom stereocenters. The molecule has 6 heteroatoms. The minimum atomic E-state index is -0.293. The summed E-state index contributed by atoms with van der Waals surface area (Å²) in [5.41, 5.74) is -0.293. The molecule has 1 rings (SSSR count). The lowest BCUT2D eigenvalue weighted by Gasteiger charge is -2.20. The SMILES string of the molecule is CCOc1ccc(SCC(=O)NCC(=O)NC(C)(C)C)cc1. The Kier molecular flexibility index (Phi) is 7.24. The van der Waals surface area contributed by atoms with Crippen molar-refractivity contribution in [1.29, 1.82) is 0 Å². The van der Waals surface area contributed by atoms with E-state index in [-0.39, 0.29) is 29.7 Å². The highest BCUT2D eigenvalue weighted by Crippen LogP contribution is 2.21. The zero-order valence-electron chi connectivity index (χ0n) is 13.6. The van der Waals surface area contributed by atoms with Crippen molar-refractivity contribution in [3.8, 4) is 5.75 Å². The van der Waals surface area contributed by atoms with E-state index in [1.54, 1.807) is 0 Å². The molecule has 0 aliphatic carbocycles. The first-order valence-corrected chi connectivity index (χ1v) is 8.22. The van der Waals surface area contributed by atoms with Crippen molar-refractivity contribution in [2.45, 2.75) is 38.1 Å². The van der Waals surface area contributed by atoms with Gasteiger partial charge in [0.2, 0.25) is 11.8 Å². The Labute approximate surface area is 136 Å². The number of ether oxygens (including phenoxy) is 1. The Morgan fingerprint density at radius 1 is 1.14 bits per heavy atom. The number of rotatable bonds is 7. The van der Waals surface area contributed by atoms with Crippen molar-refractivity contribution in [3.05, 3.63) is 24.3 Å². The molecular formula is C16H24N2O3S. The van der Waals surface area contributed by atoms with Crippen LogP contribution < -0.4 is 15.4 Å². The molecular weight excluding hydrogens is 300 g/mol. The average Bonchev–Trinajstić information content (AvgIpc) is 2.43. The third-order valence-corrected chi connectivity index (χ3v) is 3.48. The molecule has 0 heterocycles. The van der Waals surface area contributed by atoms with Crippen LogP contribution in [0, 0.1) is 0 Å². The highest BCUT2D eigenvalue weighted by molar-refractivity contribution is 8.00. The number of carbonyl (C=O) groups excluding carboxylic acids is 2. The third kappa shape index (κ3) is 7.93. The van der Waals surface area contributed by atoms with Gasteiger partial charge < -0.3 is 15.4 Å². The molecule has 0 bridgehead atoms. The summed E-state index contributed by atoms with van der Waals surface area (Å²) in [4.78, 5) is 24.3. The molecule has 0 saturated carbocycles. The third-order valence-electron chi connectivity index (χ3n) is 2.47. The van der Waals surface area contributed by atoms with Crippen molar-refractivity contribution < 1.29 is 14.3 Å². The normalized spacial score (nSPS) is 10.9. The number of carbonyl (C=O) groups is 2. The molecule has 0 fully saturated rings. The average molecular weight is 324 g/mol. The summed E-state index contributed by atoms with van der Waals surface area (Å²) in [6.07, 6.45) is 0. The molecule has 0 aromatic heterocycles. The fourth-order valence-corrected chi connectivity index (χ4v) is 2.37. The summed E-state index contributed by atoms with van der Waals surface area (Å²) in [5.74, 6) is 0.738. The largest absolute Gasteiger partial charge is 0.494 e. The maximum atomic E-state index is 11.7. The fraction of sp³-hybridized carbons (Fsp3) is 0.500. The number of nitrogens with one attached hydrogen (secondary N) is 2. The lowest BCUT2D eigenvalue weighted by molar-refractivity contribution is -0.125. The summed E-state index contributed by atoms with van der Waals surface area (Å²) < 4.78 is 5.36. The molecule has 122 valence electrons. The second kappa shape index (κ2) is 8.68. The Bertz CT molecular complexity index is 495. The molecule has 0 aliphatic heterocycles. The minimum Gasteiger partial charge on any atom is -0.494 e. The monoisotopic (exact) mass is 324 g/mol. The van der Waals surface area contributed by atoms with Gasteiger partial charge in [-0.05, 0) is 52.0 Å². The Hall–Kier alpha value is -1.69. The van der Waals surface area contributed by atoms with Gasteiger partial charge in [0.15, 0.2) is 0 Å². The van der Waals surface area contributed by atoms with Gasteiger partial charge in [-0.1, -0.05) is 0 Å². The first kappa shape index (κ1) is 18.4. The summed E-state index contributed by atoms with van der Waals surface area (Å²) in [5, 5.41) is 5.40. The summed E-state index contributed by atoms with van der Waals surface area (Å²) in [6.45, 7) is 8.26. The molecule has 0 saturated heterocycles. The maximum absolute atomic E-state index is 11.7. The van der Waals surface area contributed by atoms with E-state index < -0.39 is 0 Å². The zero-order chi connectivity index (χ0) is 16.6.